The number of carbonyl (C=O) groups excluding carboxylic acids is 2. The molecule has 2 saturated heterocycles. The van der Waals surface area contributed by atoms with E-state index in [0.717, 1.165) is 12.0 Å². The van der Waals surface area contributed by atoms with E-state index < -0.39 is 0 Å². The molecule has 0 radical (unpaired) electrons. The quantitative estimate of drug-likeness (QED) is 0.459. The van der Waals surface area contributed by atoms with Gasteiger partial charge in [-0.05, 0) is 62.5 Å². The Labute approximate surface area is 155 Å². The minimum absolute atomic E-state index is 0.304. The van der Waals surface area contributed by atoms with Crippen LogP contribution in [0.1, 0.15) is 44.6 Å². The fourth-order valence-electron chi connectivity index (χ4n) is 3.99. The minimum atomic E-state index is -0.351. The van der Waals surface area contributed by atoms with Crippen LogP contribution in [0.4, 0.5) is 0 Å². The number of nitrogens with zero attached hydrogens (tertiary/aromatic N) is 1. The summed E-state index contributed by atoms with van der Waals surface area (Å²) in [6.45, 7) is 4.26. The van der Waals surface area contributed by atoms with Gasteiger partial charge in [-0.1, -0.05) is 18.6 Å². The van der Waals surface area contributed by atoms with Crippen molar-refractivity contribution < 1.29 is 19.1 Å². The van der Waals surface area contributed by atoms with Crippen molar-refractivity contribution in [1.29, 1.82) is 0 Å². The van der Waals surface area contributed by atoms with Gasteiger partial charge >= 0.3 is 11.9 Å². The number of ether oxygens (including phenoxy) is 2. The van der Waals surface area contributed by atoms with Gasteiger partial charge in [-0.25, -0.2) is 4.79 Å². The molecule has 1 aromatic rings. The molecule has 0 aliphatic carbocycles. The van der Waals surface area contributed by atoms with Crippen molar-refractivity contribution in [3.63, 3.8) is 0 Å². The van der Waals surface area contributed by atoms with Gasteiger partial charge < -0.3 is 9.47 Å². The van der Waals surface area contributed by atoms with Gasteiger partial charge in [0.2, 0.25) is 0 Å². The smallest absolute Gasteiger partial charge is 0.330 e. The van der Waals surface area contributed by atoms with Gasteiger partial charge in [0.15, 0.2) is 0 Å². The molecular formula is C21H27NO4. The minimum Gasteiger partial charge on any atom is -0.462 e. The van der Waals surface area contributed by atoms with Crippen LogP contribution < -0.4 is 4.74 Å². The van der Waals surface area contributed by atoms with E-state index in [0.29, 0.717) is 24.3 Å². The van der Waals surface area contributed by atoms with Crippen LogP contribution >= 0.6 is 0 Å². The van der Waals surface area contributed by atoms with E-state index in [1.165, 1.54) is 51.8 Å². The van der Waals surface area contributed by atoms with Crippen molar-refractivity contribution in [3.8, 4) is 5.75 Å². The van der Waals surface area contributed by atoms with Gasteiger partial charge in [0, 0.05) is 25.0 Å². The molecular weight excluding hydrogens is 330 g/mol. The summed E-state index contributed by atoms with van der Waals surface area (Å²) in [5, 5.41) is 0. The highest BCUT2D eigenvalue weighted by molar-refractivity contribution is 5.87. The van der Waals surface area contributed by atoms with Crippen molar-refractivity contribution in [2.45, 2.75) is 45.1 Å². The summed E-state index contributed by atoms with van der Waals surface area (Å²) in [6, 6.07) is 7.58. The predicted octanol–water partition coefficient (Wildman–Crippen LogP) is 3.43. The average Bonchev–Trinajstić information content (AvgIpc) is 2.65. The summed E-state index contributed by atoms with van der Waals surface area (Å²) < 4.78 is 10.5. The normalized spacial score (nSPS) is 23.4. The number of fused-ring (bicyclic) bond motifs is 1. The molecule has 0 amide bonds. The van der Waals surface area contributed by atoms with Gasteiger partial charge in [-0.15, -0.1) is 0 Å². The molecule has 2 fully saturated rings. The second-order valence-electron chi connectivity index (χ2n) is 7.13. The second kappa shape index (κ2) is 8.99. The van der Waals surface area contributed by atoms with E-state index in [1.54, 1.807) is 30.3 Å². The summed E-state index contributed by atoms with van der Waals surface area (Å²) in [4.78, 5) is 25.5. The lowest BCUT2D eigenvalue weighted by Crippen LogP contribution is -2.49. The molecule has 2 heterocycles. The van der Waals surface area contributed by atoms with Crippen LogP contribution in [0, 0.1) is 5.92 Å². The van der Waals surface area contributed by atoms with Crippen molar-refractivity contribution in [3.05, 3.63) is 35.9 Å². The third-order valence-electron chi connectivity index (χ3n) is 5.22. The maximum Gasteiger partial charge on any atom is 0.330 e. The Kier molecular flexibility index (Phi) is 6.45. The zero-order chi connectivity index (χ0) is 18.4. The Balaban J connectivity index is 1.47. The van der Waals surface area contributed by atoms with Crippen LogP contribution in [0.25, 0.3) is 6.08 Å². The first kappa shape index (κ1) is 18.6. The van der Waals surface area contributed by atoms with Gasteiger partial charge in [0.25, 0.3) is 0 Å². The monoisotopic (exact) mass is 357 g/mol. The highest BCUT2D eigenvalue weighted by atomic mass is 16.5. The van der Waals surface area contributed by atoms with E-state index in [1.807, 2.05) is 0 Å². The Bertz CT molecular complexity index is 650. The number of carbonyl (C=O) groups is 2. The third kappa shape index (κ3) is 5.18. The van der Waals surface area contributed by atoms with Crippen LogP contribution in [0.2, 0.25) is 0 Å². The Morgan fingerprint density at radius 2 is 1.88 bits per heavy atom. The van der Waals surface area contributed by atoms with Crippen LogP contribution in [-0.2, 0) is 14.3 Å². The lowest BCUT2D eigenvalue weighted by Gasteiger charge is -2.44. The van der Waals surface area contributed by atoms with Crippen molar-refractivity contribution in [2.24, 2.45) is 5.92 Å². The largest absolute Gasteiger partial charge is 0.462 e. The highest BCUT2D eigenvalue weighted by Crippen LogP contribution is 2.31. The Hall–Kier alpha value is -2.14. The molecule has 0 aromatic heterocycles. The summed E-state index contributed by atoms with van der Waals surface area (Å²) in [5.41, 5.74) is 0.856. The van der Waals surface area contributed by atoms with Gasteiger partial charge in [-0.3, -0.25) is 9.69 Å². The molecule has 2 atom stereocenters. The lowest BCUT2D eigenvalue weighted by molar-refractivity contribution is -0.140. The molecule has 0 unspecified atom stereocenters. The molecule has 3 rings (SSSR count). The van der Waals surface area contributed by atoms with Gasteiger partial charge in [0.1, 0.15) is 5.75 Å². The standard InChI is InChI=1S/C21H27NO4/c1-16(23)26-19-10-7-17(8-11-19)9-12-21(24)25-15-18-5-4-14-22-13-3-2-6-20(18)22/h7-12,18,20H,2-6,13-15H2,1H3/t18-,20-/m1/s1. The zero-order valence-corrected chi connectivity index (χ0v) is 15.4. The fourth-order valence-corrected chi connectivity index (χ4v) is 3.99. The first-order valence-electron chi connectivity index (χ1n) is 9.49. The average molecular weight is 357 g/mol. The van der Waals surface area contributed by atoms with E-state index in [-0.39, 0.29) is 11.9 Å². The highest BCUT2D eigenvalue weighted by Gasteiger charge is 2.33. The molecule has 0 bridgehead atoms. The molecule has 26 heavy (non-hydrogen) atoms. The van der Waals surface area contributed by atoms with E-state index in [2.05, 4.69) is 4.90 Å². The lowest BCUT2D eigenvalue weighted by atomic mass is 9.84. The van der Waals surface area contributed by atoms with Crippen LogP contribution in [-0.4, -0.2) is 42.6 Å². The Morgan fingerprint density at radius 1 is 1.12 bits per heavy atom. The summed E-state index contributed by atoms with van der Waals surface area (Å²) in [6.07, 6.45) is 9.33. The van der Waals surface area contributed by atoms with Crippen LogP contribution in [0.15, 0.2) is 30.3 Å². The summed E-state index contributed by atoms with van der Waals surface area (Å²) in [5.74, 6) is 0.300. The van der Waals surface area contributed by atoms with Gasteiger partial charge in [-0.2, -0.15) is 0 Å². The van der Waals surface area contributed by atoms with Gasteiger partial charge in [0.05, 0.1) is 6.61 Å². The number of benzene rings is 1. The molecule has 140 valence electrons. The number of hydrogen-bond acceptors (Lipinski definition) is 5. The van der Waals surface area contributed by atoms with E-state index in [9.17, 15) is 9.59 Å². The zero-order valence-electron chi connectivity index (χ0n) is 15.4. The summed E-state index contributed by atoms with van der Waals surface area (Å²) >= 11 is 0. The van der Waals surface area contributed by atoms with E-state index in [4.69, 9.17) is 9.47 Å². The second-order valence-corrected chi connectivity index (χ2v) is 7.13. The van der Waals surface area contributed by atoms with Crippen LogP contribution in [0.5, 0.6) is 5.75 Å². The first-order valence-corrected chi connectivity index (χ1v) is 9.49. The van der Waals surface area contributed by atoms with Crippen molar-refractivity contribution in [2.75, 3.05) is 19.7 Å². The molecule has 5 heteroatoms. The van der Waals surface area contributed by atoms with Crippen molar-refractivity contribution >= 4 is 18.0 Å². The molecule has 2 aliphatic rings. The maximum absolute atomic E-state index is 12.0. The number of piperidine rings is 2. The Morgan fingerprint density at radius 3 is 2.65 bits per heavy atom. The third-order valence-corrected chi connectivity index (χ3v) is 5.22. The molecule has 0 N–H and O–H groups in total. The maximum atomic E-state index is 12.0. The first-order chi connectivity index (χ1) is 12.6. The fraction of sp³-hybridized carbons (Fsp3) is 0.524. The molecule has 2 aliphatic heterocycles. The number of rotatable bonds is 5. The predicted molar refractivity (Wildman–Crippen MR) is 99.7 cm³/mol. The molecule has 0 spiro atoms. The molecule has 1 aromatic carbocycles. The SMILES string of the molecule is CC(=O)Oc1ccc(C=CC(=O)OC[C@H]2CCCN3CCCC[C@H]23)cc1. The number of esters is 2. The summed E-state index contributed by atoms with van der Waals surface area (Å²) in [7, 11) is 0. The van der Waals surface area contributed by atoms with Crippen LogP contribution in [0.3, 0.4) is 0 Å². The number of hydrogen-bond donors (Lipinski definition) is 0. The molecule has 5 nitrogen and oxygen atoms in total. The molecule has 0 saturated carbocycles. The topological polar surface area (TPSA) is 55.8 Å². The van der Waals surface area contributed by atoms with Crippen molar-refractivity contribution in [1.82, 2.24) is 4.90 Å². The van der Waals surface area contributed by atoms with E-state index >= 15 is 0 Å².